The van der Waals surface area contributed by atoms with Gasteiger partial charge in [0.1, 0.15) is 0 Å². The molecule has 3 aromatic carbocycles. The summed E-state index contributed by atoms with van der Waals surface area (Å²) in [5, 5.41) is 8.18. The average Bonchev–Trinajstić information content (AvgIpc) is 3.32. The van der Waals surface area contributed by atoms with Gasteiger partial charge in [-0.25, -0.2) is 4.98 Å². The second kappa shape index (κ2) is 11.8. The van der Waals surface area contributed by atoms with Gasteiger partial charge in [0.25, 0.3) is 0 Å². The SMILES string of the molecule is CCC(Sc1cccc(NC(=O)Cc2ccccc2)c1)C(=O)Nc1nc(-c2ccc(C)cc2)cs1. The van der Waals surface area contributed by atoms with Crippen LogP contribution in [0, 0.1) is 6.92 Å². The number of benzene rings is 3. The first-order chi connectivity index (χ1) is 17.0. The molecular weight excluding hydrogens is 474 g/mol. The van der Waals surface area contributed by atoms with E-state index in [2.05, 4.69) is 27.8 Å². The highest BCUT2D eigenvalue weighted by atomic mass is 32.2. The van der Waals surface area contributed by atoms with Crippen LogP contribution in [0.1, 0.15) is 24.5 Å². The van der Waals surface area contributed by atoms with E-state index >= 15 is 0 Å². The molecule has 1 unspecified atom stereocenters. The number of hydrogen-bond acceptors (Lipinski definition) is 5. The summed E-state index contributed by atoms with van der Waals surface area (Å²) in [6.07, 6.45) is 0.980. The van der Waals surface area contributed by atoms with E-state index < -0.39 is 0 Å². The fourth-order valence-corrected chi connectivity index (χ4v) is 5.23. The number of carbonyl (C=O) groups excluding carboxylic acids is 2. The molecule has 0 aliphatic carbocycles. The zero-order valence-electron chi connectivity index (χ0n) is 19.7. The highest BCUT2D eigenvalue weighted by Crippen LogP contribution is 2.30. The molecule has 0 bridgehead atoms. The van der Waals surface area contributed by atoms with Crippen molar-refractivity contribution in [3.63, 3.8) is 0 Å². The van der Waals surface area contributed by atoms with Crippen LogP contribution in [0.4, 0.5) is 10.8 Å². The Morgan fingerprint density at radius 2 is 1.74 bits per heavy atom. The van der Waals surface area contributed by atoms with Gasteiger partial charge in [0, 0.05) is 21.5 Å². The molecule has 1 aromatic heterocycles. The summed E-state index contributed by atoms with van der Waals surface area (Å²) in [5.74, 6) is -0.155. The molecule has 7 heteroatoms. The Labute approximate surface area is 214 Å². The highest BCUT2D eigenvalue weighted by molar-refractivity contribution is 8.00. The first kappa shape index (κ1) is 24.7. The lowest BCUT2D eigenvalue weighted by molar-refractivity contribution is -0.116. The normalized spacial score (nSPS) is 11.6. The number of thiazole rings is 1. The quantitative estimate of drug-likeness (QED) is 0.247. The third kappa shape index (κ3) is 7.04. The second-order valence-electron chi connectivity index (χ2n) is 8.15. The second-order valence-corrected chi connectivity index (χ2v) is 10.3. The maximum atomic E-state index is 13.0. The van der Waals surface area contributed by atoms with Crippen LogP contribution in [0.15, 0.2) is 89.1 Å². The molecule has 35 heavy (non-hydrogen) atoms. The molecule has 0 saturated carbocycles. The summed E-state index contributed by atoms with van der Waals surface area (Å²) in [7, 11) is 0. The molecule has 178 valence electrons. The maximum absolute atomic E-state index is 13.0. The molecule has 0 aliphatic rings. The van der Waals surface area contributed by atoms with E-state index in [4.69, 9.17) is 0 Å². The number of carbonyl (C=O) groups is 2. The Bertz CT molecular complexity index is 1290. The van der Waals surface area contributed by atoms with Crippen LogP contribution in [0.3, 0.4) is 0 Å². The third-order valence-electron chi connectivity index (χ3n) is 5.35. The number of amides is 2. The standard InChI is InChI=1S/C28H27N3O2S2/c1-3-25(27(33)31-28-30-24(18-34-28)21-14-12-19(2)13-15-21)35-23-11-7-10-22(17-23)29-26(32)16-20-8-5-4-6-9-20/h4-15,17-18,25H,3,16H2,1-2H3,(H,29,32)(H,30,31,33). The number of nitrogens with zero attached hydrogens (tertiary/aromatic N) is 1. The summed E-state index contributed by atoms with van der Waals surface area (Å²) < 4.78 is 0. The Morgan fingerprint density at radius 3 is 2.49 bits per heavy atom. The van der Waals surface area contributed by atoms with Crippen molar-refractivity contribution < 1.29 is 9.59 Å². The molecule has 0 radical (unpaired) electrons. The molecule has 2 N–H and O–H groups in total. The fraction of sp³-hybridized carbons (Fsp3) is 0.179. The van der Waals surface area contributed by atoms with Crippen LogP contribution in [0.5, 0.6) is 0 Å². The molecule has 1 atom stereocenters. The summed E-state index contributed by atoms with van der Waals surface area (Å²) in [4.78, 5) is 30.9. The van der Waals surface area contributed by atoms with Crippen molar-refractivity contribution in [3.05, 3.63) is 95.4 Å². The first-order valence-electron chi connectivity index (χ1n) is 11.4. The van der Waals surface area contributed by atoms with Crippen molar-refractivity contribution >= 4 is 45.7 Å². The number of nitrogens with one attached hydrogen (secondary N) is 2. The summed E-state index contributed by atoms with van der Waals surface area (Å²) in [5.41, 5.74) is 4.75. The Morgan fingerprint density at radius 1 is 0.971 bits per heavy atom. The molecule has 4 rings (SSSR count). The lowest BCUT2D eigenvalue weighted by Gasteiger charge is -2.14. The fourth-order valence-electron chi connectivity index (χ4n) is 3.49. The van der Waals surface area contributed by atoms with E-state index in [9.17, 15) is 9.59 Å². The van der Waals surface area contributed by atoms with Gasteiger partial charge >= 0.3 is 0 Å². The monoisotopic (exact) mass is 501 g/mol. The van der Waals surface area contributed by atoms with Gasteiger partial charge in [-0.15, -0.1) is 23.1 Å². The van der Waals surface area contributed by atoms with Crippen LogP contribution in [-0.4, -0.2) is 22.0 Å². The predicted octanol–water partition coefficient (Wildman–Crippen LogP) is 6.81. The van der Waals surface area contributed by atoms with Crippen LogP contribution in [0.2, 0.25) is 0 Å². The van der Waals surface area contributed by atoms with E-state index in [-0.39, 0.29) is 17.1 Å². The number of thioether (sulfide) groups is 1. The van der Waals surface area contributed by atoms with Crippen molar-refractivity contribution in [1.29, 1.82) is 0 Å². The van der Waals surface area contributed by atoms with Crippen LogP contribution >= 0.6 is 23.1 Å². The molecule has 0 saturated heterocycles. The number of aryl methyl sites for hydroxylation is 1. The zero-order chi connectivity index (χ0) is 24.6. The van der Waals surface area contributed by atoms with Crippen molar-refractivity contribution in [2.75, 3.05) is 10.6 Å². The summed E-state index contributed by atoms with van der Waals surface area (Å²) in [6, 6.07) is 25.4. The van der Waals surface area contributed by atoms with E-state index in [0.717, 1.165) is 21.7 Å². The van der Waals surface area contributed by atoms with E-state index in [1.807, 2.05) is 86.0 Å². The van der Waals surface area contributed by atoms with E-state index in [1.165, 1.54) is 28.7 Å². The van der Waals surface area contributed by atoms with E-state index in [1.54, 1.807) is 0 Å². The van der Waals surface area contributed by atoms with Gasteiger partial charge < -0.3 is 10.6 Å². The molecule has 0 fully saturated rings. The number of rotatable bonds is 9. The number of aromatic nitrogens is 1. The first-order valence-corrected chi connectivity index (χ1v) is 13.2. The molecule has 2 amide bonds. The number of anilines is 2. The largest absolute Gasteiger partial charge is 0.326 e. The smallest absolute Gasteiger partial charge is 0.239 e. The van der Waals surface area contributed by atoms with Gasteiger partial charge in [0.2, 0.25) is 11.8 Å². The van der Waals surface area contributed by atoms with Gasteiger partial charge in [0.15, 0.2) is 5.13 Å². The molecular formula is C28H27N3O2S2. The molecule has 5 nitrogen and oxygen atoms in total. The van der Waals surface area contributed by atoms with Gasteiger partial charge in [-0.05, 0) is 37.1 Å². The Kier molecular flexibility index (Phi) is 8.34. The highest BCUT2D eigenvalue weighted by Gasteiger charge is 2.20. The lowest BCUT2D eigenvalue weighted by Crippen LogP contribution is -2.24. The van der Waals surface area contributed by atoms with Crippen molar-refractivity contribution in [2.24, 2.45) is 0 Å². The van der Waals surface area contributed by atoms with Crippen LogP contribution < -0.4 is 10.6 Å². The van der Waals surface area contributed by atoms with Crippen molar-refractivity contribution in [2.45, 2.75) is 36.8 Å². The number of hydrogen-bond donors (Lipinski definition) is 2. The van der Waals surface area contributed by atoms with Crippen LogP contribution in [-0.2, 0) is 16.0 Å². The Balaban J connectivity index is 1.36. The lowest BCUT2D eigenvalue weighted by atomic mass is 10.1. The molecule has 0 spiro atoms. The predicted molar refractivity (Wildman–Crippen MR) is 146 cm³/mol. The van der Waals surface area contributed by atoms with Crippen molar-refractivity contribution in [1.82, 2.24) is 4.98 Å². The maximum Gasteiger partial charge on any atom is 0.239 e. The topological polar surface area (TPSA) is 71.1 Å². The van der Waals surface area contributed by atoms with Gasteiger partial charge in [-0.2, -0.15) is 0 Å². The van der Waals surface area contributed by atoms with Gasteiger partial charge in [-0.3, -0.25) is 9.59 Å². The summed E-state index contributed by atoms with van der Waals surface area (Å²) in [6.45, 7) is 4.04. The van der Waals surface area contributed by atoms with Gasteiger partial charge in [0.05, 0.1) is 17.4 Å². The van der Waals surface area contributed by atoms with E-state index in [0.29, 0.717) is 23.7 Å². The minimum atomic E-state index is -0.281. The van der Waals surface area contributed by atoms with Gasteiger partial charge in [-0.1, -0.05) is 73.2 Å². The third-order valence-corrected chi connectivity index (χ3v) is 7.46. The summed E-state index contributed by atoms with van der Waals surface area (Å²) >= 11 is 2.90. The molecule has 1 heterocycles. The molecule has 4 aromatic rings. The van der Waals surface area contributed by atoms with Crippen LogP contribution in [0.25, 0.3) is 11.3 Å². The Hall–Kier alpha value is -3.42. The van der Waals surface area contributed by atoms with Crippen molar-refractivity contribution in [3.8, 4) is 11.3 Å². The zero-order valence-corrected chi connectivity index (χ0v) is 21.3. The average molecular weight is 502 g/mol. The minimum Gasteiger partial charge on any atom is -0.326 e. The minimum absolute atomic E-state index is 0.0729. The molecule has 0 aliphatic heterocycles.